The third kappa shape index (κ3) is 3.29. The molecule has 3 heteroatoms. The van der Waals surface area contributed by atoms with Crippen LogP contribution >= 0.6 is 11.8 Å². The summed E-state index contributed by atoms with van der Waals surface area (Å²) in [5, 5.41) is 0. The Morgan fingerprint density at radius 1 is 1.39 bits per heavy atom. The quantitative estimate of drug-likeness (QED) is 0.833. The lowest BCUT2D eigenvalue weighted by Gasteiger charge is -2.22. The van der Waals surface area contributed by atoms with E-state index in [1.165, 1.54) is 29.9 Å². The van der Waals surface area contributed by atoms with Gasteiger partial charge in [0.1, 0.15) is 11.5 Å². The van der Waals surface area contributed by atoms with Gasteiger partial charge in [-0.25, -0.2) is 0 Å². The van der Waals surface area contributed by atoms with Crippen molar-refractivity contribution in [3.8, 4) is 5.75 Å². The summed E-state index contributed by atoms with van der Waals surface area (Å²) in [5.41, 5.74) is 2.40. The van der Waals surface area contributed by atoms with E-state index in [0.29, 0.717) is 12.3 Å². The minimum atomic E-state index is 0.185. The topological polar surface area (TPSA) is 26.3 Å². The van der Waals surface area contributed by atoms with E-state index < -0.39 is 0 Å². The molecule has 0 radical (unpaired) electrons. The first-order chi connectivity index (χ1) is 8.70. The van der Waals surface area contributed by atoms with Crippen LogP contribution in [0, 0.1) is 0 Å². The molecule has 2 nitrogen and oxygen atoms in total. The highest BCUT2D eigenvalue weighted by Gasteiger charge is 2.17. The zero-order valence-electron chi connectivity index (χ0n) is 11.1. The van der Waals surface area contributed by atoms with Crippen molar-refractivity contribution < 1.29 is 9.53 Å². The summed E-state index contributed by atoms with van der Waals surface area (Å²) < 4.78 is 5.33. The van der Waals surface area contributed by atoms with Gasteiger partial charge >= 0.3 is 0 Å². The molecule has 98 valence electrons. The molecule has 0 saturated carbocycles. The van der Waals surface area contributed by atoms with Crippen LogP contribution in [0.15, 0.2) is 18.2 Å². The predicted molar refractivity (Wildman–Crippen MR) is 76.7 cm³/mol. The van der Waals surface area contributed by atoms with Crippen LogP contribution in [0.25, 0.3) is 0 Å². The van der Waals surface area contributed by atoms with Gasteiger partial charge in [-0.3, -0.25) is 4.79 Å². The lowest BCUT2D eigenvalue weighted by atomic mass is 9.91. The molecule has 1 fully saturated rings. The van der Waals surface area contributed by atoms with Gasteiger partial charge in [0, 0.05) is 12.0 Å². The molecule has 1 aliphatic rings. The molecule has 1 aromatic carbocycles. The number of ether oxygens (including phenoxy) is 1. The zero-order valence-corrected chi connectivity index (χ0v) is 11.9. The van der Waals surface area contributed by atoms with Gasteiger partial charge in [-0.15, -0.1) is 0 Å². The van der Waals surface area contributed by atoms with E-state index >= 15 is 0 Å². The summed E-state index contributed by atoms with van der Waals surface area (Å²) in [6.45, 7) is 1.63. The third-order valence-electron chi connectivity index (χ3n) is 3.44. The smallest absolute Gasteiger partial charge is 0.134 e. The van der Waals surface area contributed by atoms with Crippen LogP contribution in [0.5, 0.6) is 5.75 Å². The summed E-state index contributed by atoms with van der Waals surface area (Å²) in [7, 11) is 1.66. The van der Waals surface area contributed by atoms with Crippen LogP contribution in [-0.2, 0) is 11.2 Å². The van der Waals surface area contributed by atoms with Gasteiger partial charge in [-0.1, -0.05) is 12.1 Å². The first-order valence-electron chi connectivity index (χ1n) is 6.44. The summed E-state index contributed by atoms with van der Waals surface area (Å²) in [6.07, 6.45) is 2.96. The fourth-order valence-electron chi connectivity index (χ4n) is 2.49. The highest BCUT2D eigenvalue weighted by Crippen LogP contribution is 2.33. The molecule has 1 saturated heterocycles. The number of ketones is 1. The maximum absolute atomic E-state index is 11.3. The Kier molecular flexibility index (Phi) is 4.70. The first kappa shape index (κ1) is 13.5. The molecule has 0 spiro atoms. The second-order valence-corrected chi connectivity index (χ2v) is 6.06. The van der Waals surface area contributed by atoms with Crippen molar-refractivity contribution in [2.45, 2.75) is 32.1 Å². The Morgan fingerprint density at radius 3 is 2.72 bits per heavy atom. The molecular weight excluding hydrogens is 244 g/mol. The third-order valence-corrected chi connectivity index (χ3v) is 4.49. The molecule has 1 aromatic rings. The van der Waals surface area contributed by atoms with E-state index in [0.717, 1.165) is 11.3 Å². The largest absolute Gasteiger partial charge is 0.496 e. The van der Waals surface area contributed by atoms with Gasteiger partial charge in [0.2, 0.25) is 0 Å². The number of thioether (sulfide) groups is 1. The van der Waals surface area contributed by atoms with Gasteiger partial charge in [-0.05, 0) is 48.8 Å². The lowest BCUT2D eigenvalue weighted by Crippen LogP contribution is -2.09. The van der Waals surface area contributed by atoms with Crippen molar-refractivity contribution >= 4 is 17.5 Å². The van der Waals surface area contributed by atoms with E-state index in [2.05, 4.69) is 12.1 Å². The monoisotopic (exact) mass is 264 g/mol. The van der Waals surface area contributed by atoms with Crippen molar-refractivity contribution in [1.29, 1.82) is 0 Å². The average Bonchev–Trinajstić information content (AvgIpc) is 2.39. The highest BCUT2D eigenvalue weighted by molar-refractivity contribution is 7.99. The van der Waals surface area contributed by atoms with Gasteiger partial charge in [0.25, 0.3) is 0 Å². The van der Waals surface area contributed by atoms with E-state index in [4.69, 9.17) is 4.74 Å². The van der Waals surface area contributed by atoms with Crippen LogP contribution < -0.4 is 4.74 Å². The minimum absolute atomic E-state index is 0.185. The van der Waals surface area contributed by atoms with Gasteiger partial charge < -0.3 is 4.74 Å². The highest BCUT2D eigenvalue weighted by atomic mass is 32.2. The maximum atomic E-state index is 11.3. The number of Topliss-reactive ketones (excluding diaryl/α,β-unsaturated/α-hetero) is 1. The standard InChI is InChI=1S/C15H20O2S/c1-11(16)9-14-10-13(3-4-15(14)17-2)12-5-7-18-8-6-12/h3-4,10,12H,5-9H2,1-2H3. The van der Waals surface area contributed by atoms with Crippen LogP contribution in [0.4, 0.5) is 0 Å². The van der Waals surface area contributed by atoms with E-state index in [9.17, 15) is 4.79 Å². The molecular formula is C15H20O2S. The number of rotatable bonds is 4. The number of benzene rings is 1. The number of hydrogen-bond donors (Lipinski definition) is 0. The summed E-state index contributed by atoms with van der Waals surface area (Å²) in [4.78, 5) is 11.3. The molecule has 2 rings (SSSR count). The van der Waals surface area contributed by atoms with E-state index in [1.807, 2.05) is 17.8 Å². The summed E-state index contributed by atoms with van der Waals surface area (Å²) in [5.74, 6) is 4.17. The van der Waals surface area contributed by atoms with E-state index in [1.54, 1.807) is 14.0 Å². The number of methoxy groups -OCH3 is 1. The Labute approximate surface area is 113 Å². The number of carbonyl (C=O) groups is 1. The number of hydrogen-bond acceptors (Lipinski definition) is 3. The van der Waals surface area contributed by atoms with Gasteiger partial charge in [0.05, 0.1) is 7.11 Å². The van der Waals surface area contributed by atoms with Crippen molar-refractivity contribution in [2.75, 3.05) is 18.6 Å². The summed E-state index contributed by atoms with van der Waals surface area (Å²) in [6, 6.07) is 6.33. The van der Waals surface area contributed by atoms with Crippen LogP contribution in [-0.4, -0.2) is 24.4 Å². The Hall–Kier alpha value is -0.960. The van der Waals surface area contributed by atoms with Gasteiger partial charge in [0.15, 0.2) is 0 Å². The lowest BCUT2D eigenvalue weighted by molar-refractivity contribution is -0.116. The van der Waals surface area contributed by atoms with Crippen molar-refractivity contribution in [1.82, 2.24) is 0 Å². The molecule has 0 N–H and O–H groups in total. The Bertz CT molecular complexity index is 423. The predicted octanol–water partition coefficient (Wildman–Crippen LogP) is 3.44. The fourth-order valence-corrected chi connectivity index (χ4v) is 3.60. The Balaban J connectivity index is 2.23. The van der Waals surface area contributed by atoms with Crippen LogP contribution in [0.3, 0.4) is 0 Å². The van der Waals surface area contributed by atoms with E-state index in [-0.39, 0.29) is 5.78 Å². The SMILES string of the molecule is COc1ccc(C2CCSCC2)cc1CC(C)=O. The Morgan fingerprint density at radius 2 is 2.11 bits per heavy atom. The second kappa shape index (κ2) is 6.28. The minimum Gasteiger partial charge on any atom is -0.496 e. The zero-order chi connectivity index (χ0) is 13.0. The molecule has 0 atom stereocenters. The average molecular weight is 264 g/mol. The summed E-state index contributed by atoms with van der Waals surface area (Å²) >= 11 is 2.04. The van der Waals surface area contributed by atoms with Gasteiger partial charge in [-0.2, -0.15) is 11.8 Å². The molecule has 0 unspecified atom stereocenters. The van der Waals surface area contributed by atoms with Crippen molar-refractivity contribution in [3.63, 3.8) is 0 Å². The van der Waals surface area contributed by atoms with Crippen molar-refractivity contribution in [3.05, 3.63) is 29.3 Å². The van der Waals surface area contributed by atoms with Crippen LogP contribution in [0.1, 0.15) is 36.8 Å². The molecule has 0 aliphatic carbocycles. The molecule has 1 heterocycles. The normalized spacial score (nSPS) is 16.6. The molecule has 18 heavy (non-hydrogen) atoms. The second-order valence-electron chi connectivity index (χ2n) is 4.84. The molecule has 1 aliphatic heterocycles. The maximum Gasteiger partial charge on any atom is 0.134 e. The molecule has 0 amide bonds. The van der Waals surface area contributed by atoms with Crippen LogP contribution in [0.2, 0.25) is 0 Å². The molecule has 0 bridgehead atoms. The first-order valence-corrected chi connectivity index (χ1v) is 7.60. The molecule has 0 aromatic heterocycles. The number of carbonyl (C=O) groups excluding carboxylic acids is 1. The fraction of sp³-hybridized carbons (Fsp3) is 0.533. The van der Waals surface area contributed by atoms with Crippen molar-refractivity contribution in [2.24, 2.45) is 0 Å².